The lowest BCUT2D eigenvalue weighted by molar-refractivity contribution is 0.0950. The van der Waals surface area contributed by atoms with E-state index < -0.39 is 0 Å². The number of halogens is 1. The van der Waals surface area contributed by atoms with Crippen molar-refractivity contribution < 1.29 is 4.79 Å². The van der Waals surface area contributed by atoms with E-state index in [9.17, 15) is 4.79 Å². The Morgan fingerprint density at radius 1 is 1.32 bits per heavy atom. The van der Waals surface area contributed by atoms with Crippen LogP contribution in [0.1, 0.15) is 48.4 Å². The summed E-state index contributed by atoms with van der Waals surface area (Å²) in [5.41, 5.74) is 1.94. The average Bonchev–Trinajstić information content (AvgIpc) is 2.40. The van der Waals surface area contributed by atoms with Gasteiger partial charge >= 0.3 is 0 Å². The molecule has 0 aliphatic rings. The summed E-state index contributed by atoms with van der Waals surface area (Å²) in [6.45, 7) is 8.31. The van der Waals surface area contributed by atoms with Crippen molar-refractivity contribution in [2.24, 2.45) is 5.92 Å². The topological polar surface area (TPSA) is 54.9 Å². The molecule has 0 saturated heterocycles. The van der Waals surface area contributed by atoms with E-state index in [0.717, 1.165) is 18.5 Å². The maximum absolute atomic E-state index is 12.1. The van der Waals surface area contributed by atoms with Gasteiger partial charge in [0.1, 0.15) is 0 Å². The molecule has 0 aliphatic carbocycles. The number of hydrogen-bond donors (Lipinski definition) is 1. The van der Waals surface area contributed by atoms with Crippen LogP contribution >= 0.6 is 11.6 Å². The van der Waals surface area contributed by atoms with Crippen molar-refractivity contribution in [2.45, 2.75) is 45.9 Å². The standard InChI is InChI=1S/C14H22ClN3O/c1-5-11(6-2)13(15)8-16-14(19)12-7-9(3)17-18-10(12)4/h7,11,13H,5-6,8H2,1-4H3,(H,16,19). The Hall–Kier alpha value is -1.16. The zero-order valence-electron chi connectivity index (χ0n) is 12.0. The van der Waals surface area contributed by atoms with Crippen LogP contribution in [0.2, 0.25) is 0 Å². The van der Waals surface area contributed by atoms with Gasteiger partial charge in [0.25, 0.3) is 5.91 Å². The molecule has 1 atom stereocenters. The second kappa shape index (κ2) is 7.43. The number of aryl methyl sites for hydroxylation is 2. The molecule has 0 spiro atoms. The van der Waals surface area contributed by atoms with Crippen LogP contribution in [0.5, 0.6) is 0 Å². The van der Waals surface area contributed by atoms with E-state index in [-0.39, 0.29) is 11.3 Å². The van der Waals surface area contributed by atoms with Crippen LogP contribution in [-0.2, 0) is 0 Å². The van der Waals surface area contributed by atoms with Crippen molar-refractivity contribution in [3.8, 4) is 0 Å². The molecule has 0 saturated carbocycles. The minimum Gasteiger partial charge on any atom is -0.350 e. The van der Waals surface area contributed by atoms with Gasteiger partial charge in [0, 0.05) is 6.54 Å². The predicted molar refractivity (Wildman–Crippen MR) is 77.6 cm³/mol. The second-order valence-electron chi connectivity index (χ2n) is 4.79. The van der Waals surface area contributed by atoms with Crippen molar-refractivity contribution >= 4 is 17.5 Å². The summed E-state index contributed by atoms with van der Waals surface area (Å²) >= 11 is 6.31. The van der Waals surface area contributed by atoms with Crippen LogP contribution in [0.4, 0.5) is 0 Å². The molecule has 5 heteroatoms. The Labute approximate surface area is 120 Å². The van der Waals surface area contributed by atoms with Crippen LogP contribution < -0.4 is 5.32 Å². The smallest absolute Gasteiger partial charge is 0.253 e. The molecule has 1 N–H and O–H groups in total. The summed E-state index contributed by atoms with van der Waals surface area (Å²) in [6, 6.07) is 1.75. The van der Waals surface area contributed by atoms with Crippen molar-refractivity contribution in [2.75, 3.05) is 6.54 Å². The number of aromatic nitrogens is 2. The van der Waals surface area contributed by atoms with Crippen molar-refractivity contribution in [1.29, 1.82) is 0 Å². The number of carbonyl (C=O) groups is 1. The first-order valence-electron chi connectivity index (χ1n) is 6.72. The highest BCUT2D eigenvalue weighted by Crippen LogP contribution is 2.17. The minimum absolute atomic E-state index is 0.0323. The van der Waals surface area contributed by atoms with Gasteiger partial charge in [-0.2, -0.15) is 10.2 Å². The van der Waals surface area contributed by atoms with Crippen LogP contribution in [-0.4, -0.2) is 28.0 Å². The van der Waals surface area contributed by atoms with Crippen LogP contribution in [0.25, 0.3) is 0 Å². The first-order valence-corrected chi connectivity index (χ1v) is 7.16. The number of nitrogens with one attached hydrogen (secondary N) is 1. The Balaban J connectivity index is 2.63. The second-order valence-corrected chi connectivity index (χ2v) is 5.35. The Kier molecular flexibility index (Phi) is 6.22. The summed E-state index contributed by atoms with van der Waals surface area (Å²) in [4.78, 5) is 12.1. The first-order chi connectivity index (χ1) is 8.99. The van der Waals surface area contributed by atoms with Crippen LogP contribution in [0, 0.1) is 19.8 Å². The molecule has 19 heavy (non-hydrogen) atoms. The molecule has 0 radical (unpaired) electrons. The van der Waals surface area contributed by atoms with E-state index in [2.05, 4.69) is 29.4 Å². The SMILES string of the molecule is CCC(CC)C(Cl)CNC(=O)c1cc(C)nnc1C. The van der Waals surface area contributed by atoms with Gasteiger partial charge in [-0.1, -0.05) is 26.7 Å². The highest BCUT2D eigenvalue weighted by Gasteiger charge is 2.18. The summed E-state index contributed by atoms with van der Waals surface area (Å²) in [7, 11) is 0. The third kappa shape index (κ3) is 4.46. The number of nitrogens with zero attached hydrogens (tertiary/aromatic N) is 2. The van der Waals surface area contributed by atoms with E-state index in [4.69, 9.17) is 11.6 Å². The highest BCUT2D eigenvalue weighted by atomic mass is 35.5. The number of amides is 1. The van der Waals surface area contributed by atoms with Gasteiger partial charge < -0.3 is 5.32 Å². The van der Waals surface area contributed by atoms with Crippen LogP contribution in [0.3, 0.4) is 0 Å². The molecule has 1 aromatic heterocycles. The average molecular weight is 284 g/mol. The number of alkyl halides is 1. The molecule has 106 valence electrons. The maximum atomic E-state index is 12.1. The lowest BCUT2D eigenvalue weighted by Gasteiger charge is -2.19. The Morgan fingerprint density at radius 2 is 1.95 bits per heavy atom. The van der Waals surface area contributed by atoms with Crippen molar-refractivity contribution in [1.82, 2.24) is 15.5 Å². The molecule has 0 aromatic carbocycles. The molecule has 1 amide bonds. The first kappa shape index (κ1) is 15.9. The predicted octanol–water partition coefficient (Wildman–Crippen LogP) is 2.87. The zero-order valence-corrected chi connectivity index (χ0v) is 12.8. The largest absolute Gasteiger partial charge is 0.350 e. The Bertz CT molecular complexity index is 433. The lowest BCUT2D eigenvalue weighted by Crippen LogP contribution is -2.33. The summed E-state index contributed by atoms with van der Waals surface area (Å²) < 4.78 is 0. The third-order valence-electron chi connectivity index (χ3n) is 3.36. The quantitative estimate of drug-likeness (QED) is 0.817. The molecule has 1 unspecified atom stereocenters. The Morgan fingerprint density at radius 3 is 2.53 bits per heavy atom. The van der Waals surface area contributed by atoms with Crippen LogP contribution in [0.15, 0.2) is 6.07 Å². The van der Waals surface area contributed by atoms with Crippen molar-refractivity contribution in [3.05, 3.63) is 23.0 Å². The van der Waals surface area contributed by atoms with Gasteiger partial charge in [-0.05, 0) is 25.8 Å². The zero-order chi connectivity index (χ0) is 14.4. The summed E-state index contributed by atoms with van der Waals surface area (Å²) in [6.07, 6.45) is 2.05. The fourth-order valence-electron chi connectivity index (χ4n) is 2.03. The van der Waals surface area contributed by atoms with E-state index >= 15 is 0 Å². The number of carbonyl (C=O) groups excluding carboxylic acids is 1. The van der Waals surface area contributed by atoms with E-state index in [1.807, 2.05) is 6.92 Å². The molecule has 0 bridgehead atoms. The summed E-state index contributed by atoms with van der Waals surface area (Å²) in [5.74, 6) is 0.299. The number of rotatable bonds is 6. The normalized spacial score (nSPS) is 12.5. The molecule has 0 aliphatic heterocycles. The fraction of sp³-hybridized carbons (Fsp3) is 0.643. The molecule has 1 aromatic rings. The molecular formula is C14H22ClN3O. The van der Waals surface area contributed by atoms with Gasteiger partial charge in [-0.3, -0.25) is 4.79 Å². The summed E-state index contributed by atoms with van der Waals surface area (Å²) in [5, 5.41) is 10.7. The lowest BCUT2D eigenvalue weighted by atomic mass is 9.99. The number of hydrogen-bond acceptors (Lipinski definition) is 3. The van der Waals surface area contributed by atoms with E-state index in [1.54, 1.807) is 13.0 Å². The third-order valence-corrected chi connectivity index (χ3v) is 3.87. The van der Waals surface area contributed by atoms with E-state index in [0.29, 0.717) is 23.7 Å². The monoisotopic (exact) mass is 283 g/mol. The van der Waals surface area contributed by atoms with Gasteiger partial charge in [0.15, 0.2) is 0 Å². The minimum atomic E-state index is -0.132. The van der Waals surface area contributed by atoms with Crippen molar-refractivity contribution in [3.63, 3.8) is 0 Å². The van der Waals surface area contributed by atoms with Gasteiger partial charge in [0.2, 0.25) is 0 Å². The van der Waals surface area contributed by atoms with Gasteiger partial charge in [-0.25, -0.2) is 0 Å². The molecule has 0 fully saturated rings. The maximum Gasteiger partial charge on any atom is 0.253 e. The molecule has 1 rings (SSSR count). The van der Waals surface area contributed by atoms with E-state index in [1.165, 1.54) is 0 Å². The van der Waals surface area contributed by atoms with Gasteiger partial charge in [-0.15, -0.1) is 11.6 Å². The molecule has 1 heterocycles. The van der Waals surface area contributed by atoms with Gasteiger partial charge in [0.05, 0.1) is 22.3 Å². The molecule has 4 nitrogen and oxygen atoms in total. The molecular weight excluding hydrogens is 262 g/mol. The fourth-order valence-corrected chi connectivity index (χ4v) is 2.47. The highest BCUT2D eigenvalue weighted by molar-refractivity contribution is 6.21.